The van der Waals surface area contributed by atoms with Crippen molar-refractivity contribution in [3.05, 3.63) is 23.8 Å². The Morgan fingerprint density at radius 3 is 2.72 bits per heavy atom. The Hall–Kier alpha value is -2.24. The Kier molecular flexibility index (Phi) is 7.10. The van der Waals surface area contributed by atoms with Crippen LogP contribution in [0.1, 0.15) is 31.7 Å². The number of benzene rings is 1. The SMILES string of the molecule is CCOc1ccc(CCC(=O)N2CCCC(C(=O)OC)C2)cc1OC. The third-order valence-electron chi connectivity index (χ3n) is 4.46. The molecule has 1 saturated heterocycles. The van der Waals surface area contributed by atoms with Gasteiger partial charge >= 0.3 is 5.97 Å². The van der Waals surface area contributed by atoms with Crippen LogP contribution >= 0.6 is 0 Å². The molecule has 0 aromatic heterocycles. The second-order valence-electron chi connectivity index (χ2n) is 6.12. The number of hydrogen-bond donors (Lipinski definition) is 0. The third-order valence-corrected chi connectivity index (χ3v) is 4.46. The molecule has 6 heteroatoms. The number of nitrogens with zero attached hydrogens (tertiary/aromatic N) is 1. The van der Waals surface area contributed by atoms with E-state index in [9.17, 15) is 9.59 Å². The molecule has 138 valence electrons. The van der Waals surface area contributed by atoms with Crippen LogP contribution in [0.5, 0.6) is 11.5 Å². The lowest BCUT2D eigenvalue weighted by atomic mass is 9.97. The van der Waals surface area contributed by atoms with E-state index in [0.29, 0.717) is 44.0 Å². The van der Waals surface area contributed by atoms with Crippen LogP contribution in [0.2, 0.25) is 0 Å². The summed E-state index contributed by atoms with van der Waals surface area (Å²) in [6.45, 7) is 3.66. The summed E-state index contributed by atoms with van der Waals surface area (Å²) in [6, 6.07) is 5.73. The van der Waals surface area contributed by atoms with Gasteiger partial charge < -0.3 is 19.1 Å². The second kappa shape index (κ2) is 9.30. The minimum atomic E-state index is -0.228. The number of rotatable bonds is 7. The number of carbonyl (C=O) groups excluding carboxylic acids is 2. The average molecular weight is 349 g/mol. The number of aryl methyl sites for hydroxylation is 1. The van der Waals surface area contributed by atoms with Crippen molar-refractivity contribution in [1.82, 2.24) is 4.90 Å². The van der Waals surface area contributed by atoms with E-state index in [4.69, 9.17) is 14.2 Å². The molecule has 6 nitrogen and oxygen atoms in total. The Labute approximate surface area is 149 Å². The zero-order chi connectivity index (χ0) is 18.2. The molecule has 0 saturated carbocycles. The van der Waals surface area contributed by atoms with Gasteiger partial charge in [-0.3, -0.25) is 9.59 Å². The van der Waals surface area contributed by atoms with Crippen molar-refractivity contribution in [2.75, 3.05) is 33.9 Å². The van der Waals surface area contributed by atoms with Crippen LogP contribution < -0.4 is 9.47 Å². The Morgan fingerprint density at radius 2 is 2.04 bits per heavy atom. The van der Waals surface area contributed by atoms with Gasteiger partial charge in [0.2, 0.25) is 5.91 Å². The number of likely N-dealkylation sites (tertiary alicyclic amines) is 1. The monoisotopic (exact) mass is 349 g/mol. The van der Waals surface area contributed by atoms with Gasteiger partial charge in [-0.1, -0.05) is 6.07 Å². The molecule has 2 rings (SSSR count). The third kappa shape index (κ3) is 5.11. The average Bonchev–Trinajstić information content (AvgIpc) is 2.66. The second-order valence-corrected chi connectivity index (χ2v) is 6.12. The van der Waals surface area contributed by atoms with Crippen molar-refractivity contribution < 1.29 is 23.8 Å². The highest BCUT2D eigenvalue weighted by molar-refractivity contribution is 5.78. The number of carbonyl (C=O) groups is 2. The molecular formula is C19H27NO5. The molecule has 0 N–H and O–H groups in total. The molecule has 1 amide bonds. The first-order valence-electron chi connectivity index (χ1n) is 8.74. The van der Waals surface area contributed by atoms with Crippen LogP contribution in [0.4, 0.5) is 0 Å². The van der Waals surface area contributed by atoms with E-state index in [1.807, 2.05) is 25.1 Å². The van der Waals surface area contributed by atoms with Crippen molar-refractivity contribution in [2.45, 2.75) is 32.6 Å². The van der Waals surface area contributed by atoms with Crippen molar-refractivity contribution in [2.24, 2.45) is 5.92 Å². The molecule has 1 atom stereocenters. The summed E-state index contributed by atoms with van der Waals surface area (Å²) in [5.74, 6) is 1.02. The summed E-state index contributed by atoms with van der Waals surface area (Å²) in [5, 5.41) is 0. The Morgan fingerprint density at radius 1 is 1.24 bits per heavy atom. The number of esters is 1. The molecule has 0 bridgehead atoms. The highest BCUT2D eigenvalue weighted by Gasteiger charge is 2.28. The fourth-order valence-electron chi connectivity index (χ4n) is 3.11. The van der Waals surface area contributed by atoms with E-state index in [2.05, 4.69) is 0 Å². The van der Waals surface area contributed by atoms with Gasteiger partial charge in [0, 0.05) is 19.5 Å². The summed E-state index contributed by atoms with van der Waals surface area (Å²) in [7, 11) is 3.00. The highest BCUT2D eigenvalue weighted by atomic mass is 16.5. The van der Waals surface area contributed by atoms with E-state index in [1.165, 1.54) is 7.11 Å². The number of amides is 1. The minimum absolute atomic E-state index is 0.0708. The lowest BCUT2D eigenvalue weighted by Crippen LogP contribution is -2.42. The predicted octanol–water partition coefficient (Wildman–Crippen LogP) is 2.44. The van der Waals surface area contributed by atoms with Crippen LogP contribution in [0.15, 0.2) is 18.2 Å². The van der Waals surface area contributed by atoms with Gasteiger partial charge in [0.1, 0.15) is 0 Å². The van der Waals surface area contributed by atoms with Crippen molar-refractivity contribution in [1.29, 1.82) is 0 Å². The maximum absolute atomic E-state index is 12.5. The maximum Gasteiger partial charge on any atom is 0.310 e. The van der Waals surface area contributed by atoms with E-state index < -0.39 is 0 Å². The molecule has 1 aromatic rings. The Balaban J connectivity index is 1.92. The molecule has 1 aromatic carbocycles. The van der Waals surface area contributed by atoms with E-state index in [0.717, 1.165) is 18.4 Å². The first kappa shape index (κ1) is 19.1. The summed E-state index contributed by atoms with van der Waals surface area (Å²) >= 11 is 0. The maximum atomic E-state index is 12.5. The predicted molar refractivity (Wildman–Crippen MR) is 93.8 cm³/mol. The van der Waals surface area contributed by atoms with Crippen molar-refractivity contribution >= 4 is 11.9 Å². The zero-order valence-electron chi connectivity index (χ0n) is 15.2. The topological polar surface area (TPSA) is 65.1 Å². The van der Waals surface area contributed by atoms with Crippen LogP contribution in [0.3, 0.4) is 0 Å². The van der Waals surface area contributed by atoms with Crippen molar-refractivity contribution in [3.8, 4) is 11.5 Å². The highest BCUT2D eigenvalue weighted by Crippen LogP contribution is 2.28. The van der Waals surface area contributed by atoms with Gasteiger partial charge in [-0.2, -0.15) is 0 Å². The fourth-order valence-corrected chi connectivity index (χ4v) is 3.11. The van der Waals surface area contributed by atoms with Crippen LogP contribution in [0.25, 0.3) is 0 Å². The molecule has 25 heavy (non-hydrogen) atoms. The molecule has 0 spiro atoms. The van der Waals surface area contributed by atoms with Gasteiger partial charge in [0.15, 0.2) is 11.5 Å². The first-order chi connectivity index (χ1) is 12.1. The van der Waals surface area contributed by atoms with Gasteiger partial charge in [-0.25, -0.2) is 0 Å². The molecule has 1 aliphatic rings. The summed E-state index contributed by atoms with van der Waals surface area (Å²) in [4.78, 5) is 25.9. The summed E-state index contributed by atoms with van der Waals surface area (Å²) in [6.07, 6.45) is 2.65. The number of hydrogen-bond acceptors (Lipinski definition) is 5. The molecule has 0 radical (unpaired) electrons. The smallest absolute Gasteiger partial charge is 0.310 e. The molecule has 1 aliphatic heterocycles. The lowest BCUT2D eigenvalue weighted by molar-refractivity contribution is -0.149. The quantitative estimate of drug-likeness (QED) is 0.708. The van der Waals surface area contributed by atoms with Gasteiger partial charge in [0.05, 0.1) is 26.7 Å². The molecule has 1 fully saturated rings. The van der Waals surface area contributed by atoms with Crippen LogP contribution in [-0.2, 0) is 20.7 Å². The first-order valence-corrected chi connectivity index (χ1v) is 8.74. The number of methoxy groups -OCH3 is 2. The van der Waals surface area contributed by atoms with E-state index in [-0.39, 0.29) is 17.8 Å². The molecule has 1 unspecified atom stereocenters. The lowest BCUT2D eigenvalue weighted by Gasteiger charge is -2.31. The number of piperidine rings is 1. The van der Waals surface area contributed by atoms with Crippen LogP contribution in [0, 0.1) is 5.92 Å². The van der Waals surface area contributed by atoms with E-state index in [1.54, 1.807) is 12.0 Å². The van der Waals surface area contributed by atoms with Gasteiger partial charge in [-0.15, -0.1) is 0 Å². The summed E-state index contributed by atoms with van der Waals surface area (Å²) in [5.41, 5.74) is 1.02. The number of ether oxygens (including phenoxy) is 3. The van der Waals surface area contributed by atoms with Crippen LogP contribution in [-0.4, -0.2) is 50.7 Å². The largest absolute Gasteiger partial charge is 0.493 e. The zero-order valence-corrected chi connectivity index (χ0v) is 15.2. The Bertz CT molecular complexity index is 601. The normalized spacial score (nSPS) is 17.1. The molecule has 0 aliphatic carbocycles. The summed E-state index contributed by atoms with van der Waals surface area (Å²) < 4.78 is 15.6. The minimum Gasteiger partial charge on any atom is -0.493 e. The van der Waals surface area contributed by atoms with Crippen molar-refractivity contribution in [3.63, 3.8) is 0 Å². The van der Waals surface area contributed by atoms with Gasteiger partial charge in [-0.05, 0) is 43.9 Å². The van der Waals surface area contributed by atoms with E-state index >= 15 is 0 Å². The standard InChI is InChI=1S/C19H27NO5/c1-4-25-16-9-7-14(12-17(16)23-2)8-10-18(21)20-11-5-6-15(13-20)19(22)24-3/h7,9,12,15H,4-6,8,10-11,13H2,1-3H3. The van der Waals surface area contributed by atoms with Gasteiger partial charge in [0.25, 0.3) is 0 Å². The fraction of sp³-hybridized carbons (Fsp3) is 0.579. The molecule has 1 heterocycles. The molecular weight excluding hydrogens is 322 g/mol.